The third-order valence-corrected chi connectivity index (χ3v) is 3.32. The van der Waals surface area contributed by atoms with Gasteiger partial charge in [0.25, 0.3) is 5.56 Å². The molecule has 2 aromatic heterocycles. The molecule has 0 aliphatic heterocycles. The zero-order valence-corrected chi connectivity index (χ0v) is 11.2. The number of fused-ring (bicyclic) bond motifs is 1. The first-order chi connectivity index (χ1) is 8.34. The van der Waals surface area contributed by atoms with E-state index >= 15 is 0 Å². The lowest BCUT2D eigenvalue weighted by atomic mass is 10.3. The van der Waals surface area contributed by atoms with Crippen molar-refractivity contribution in [1.29, 1.82) is 0 Å². The van der Waals surface area contributed by atoms with Crippen LogP contribution in [0.1, 0.15) is 18.8 Å². The van der Waals surface area contributed by atoms with Crippen LogP contribution in [-0.2, 0) is 14.1 Å². The molecule has 2 rings (SSSR count). The van der Waals surface area contributed by atoms with Gasteiger partial charge in [-0.2, -0.15) is 0 Å². The maximum atomic E-state index is 11.8. The molecule has 0 saturated heterocycles. The van der Waals surface area contributed by atoms with Gasteiger partial charge in [-0.3, -0.25) is 19.2 Å². The number of H-pyrrole nitrogens is 1. The van der Waals surface area contributed by atoms with E-state index in [1.54, 1.807) is 18.7 Å². The highest BCUT2D eigenvalue weighted by atomic mass is 16.2. The van der Waals surface area contributed by atoms with Gasteiger partial charge in [0.2, 0.25) is 0 Å². The molecular weight excluding hydrogens is 234 g/mol. The highest BCUT2D eigenvalue weighted by Gasteiger charge is 2.19. The van der Waals surface area contributed by atoms with Crippen molar-refractivity contribution >= 4 is 11.2 Å². The second kappa shape index (κ2) is 4.09. The van der Waals surface area contributed by atoms with Gasteiger partial charge in [0.15, 0.2) is 11.2 Å². The largest absolute Gasteiger partial charge is 0.329 e. The summed E-state index contributed by atoms with van der Waals surface area (Å²) in [6.45, 7) is 1.99. The van der Waals surface area contributed by atoms with Crippen LogP contribution in [0.5, 0.6) is 0 Å². The number of nitrogens with zero attached hydrogens (tertiary/aromatic N) is 4. The van der Waals surface area contributed by atoms with E-state index in [0.717, 1.165) is 5.82 Å². The first-order valence-electron chi connectivity index (χ1n) is 5.66. The lowest BCUT2D eigenvalue weighted by Crippen LogP contribution is -2.29. The van der Waals surface area contributed by atoms with Crippen LogP contribution in [0.3, 0.4) is 0 Å². The van der Waals surface area contributed by atoms with Crippen LogP contribution in [0.25, 0.3) is 11.2 Å². The van der Waals surface area contributed by atoms with E-state index in [-0.39, 0.29) is 6.04 Å². The molecule has 18 heavy (non-hydrogen) atoms. The number of imidazole rings is 1. The zero-order valence-electron chi connectivity index (χ0n) is 11.2. The topological polar surface area (TPSA) is 75.9 Å². The molecule has 2 aromatic rings. The Hall–Kier alpha value is -1.89. The summed E-state index contributed by atoms with van der Waals surface area (Å²) in [5.74, 6) is 0.752. The van der Waals surface area contributed by atoms with Gasteiger partial charge in [-0.15, -0.1) is 0 Å². The molecule has 98 valence electrons. The Morgan fingerprint density at radius 1 is 1.22 bits per heavy atom. The van der Waals surface area contributed by atoms with Crippen molar-refractivity contribution in [2.24, 2.45) is 14.1 Å². The van der Waals surface area contributed by atoms with Gasteiger partial charge in [0, 0.05) is 14.1 Å². The van der Waals surface area contributed by atoms with Crippen LogP contribution in [0, 0.1) is 0 Å². The second-order valence-electron chi connectivity index (χ2n) is 4.66. The molecule has 0 saturated carbocycles. The lowest BCUT2D eigenvalue weighted by Gasteiger charge is -2.18. The molecule has 0 aromatic carbocycles. The molecule has 0 bridgehead atoms. The van der Waals surface area contributed by atoms with Crippen molar-refractivity contribution < 1.29 is 0 Å². The van der Waals surface area contributed by atoms with E-state index < -0.39 is 11.2 Å². The summed E-state index contributed by atoms with van der Waals surface area (Å²) < 4.78 is 3.08. The third kappa shape index (κ3) is 1.67. The molecular formula is C11H17N5O2. The molecule has 0 amide bonds. The maximum absolute atomic E-state index is 11.8. The Balaban J connectivity index is 2.86. The third-order valence-electron chi connectivity index (χ3n) is 3.32. The Labute approximate surface area is 104 Å². The molecule has 1 N–H and O–H groups in total. The fourth-order valence-corrected chi connectivity index (χ4v) is 1.93. The molecule has 0 aliphatic rings. The molecule has 2 heterocycles. The van der Waals surface area contributed by atoms with Crippen molar-refractivity contribution in [2.75, 3.05) is 14.1 Å². The minimum Gasteiger partial charge on any atom is -0.324 e. The van der Waals surface area contributed by atoms with Gasteiger partial charge in [0.1, 0.15) is 5.82 Å². The van der Waals surface area contributed by atoms with Crippen molar-refractivity contribution in [3.8, 4) is 0 Å². The van der Waals surface area contributed by atoms with Gasteiger partial charge in [0.05, 0.1) is 6.04 Å². The van der Waals surface area contributed by atoms with Crippen LogP contribution < -0.4 is 11.2 Å². The zero-order chi connectivity index (χ0) is 13.6. The molecule has 0 spiro atoms. The number of hydrogen-bond acceptors (Lipinski definition) is 4. The van der Waals surface area contributed by atoms with E-state index in [4.69, 9.17) is 0 Å². The predicted octanol–water partition coefficient (Wildman–Crippen LogP) is -0.417. The highest BCUT2D eigenvalue weighted by Crippen LogP contribution is 2.18. The van der Waals surface area contributed by atoms with E-state index in [9.17, 15) is 9.59 Å². The van der Waals surface area contributed by atoms with Gasteiger partial charge >= 0.3 is 5.69 Å². The smallest absolute Gasteiger partial charge is 0.324 e. The van der Waals surface area contributed by atoms with Crippen LogP contribution in [-0.4, -0.2) is 38.1 Å². The van der Waals surface area contributed by atoms with Crippen molar-refractivity contribution in [2.45, 2.75) is 13.0 Å². The second-order valence-corrected chi connectivity index (χ2v) is 4.66. The maximum Gasteiger partial charge on any atom is 0.329 e. The van der Waals surface area contributed by atoms with E-state index in [1.165, 1.54) is 4.57 Å². The minimum atomic E-state index is -0.449. The molecule has 7 nitrogen and oxygen atoms in total. The Bertz CT molecular complexity index is 707. The number of aromatic amines is 1. The van der Waals surface area contributed by atoms with Crippen LogP contribution in [0.2, 0.25) is 0 Å². The molecule has 7 heteroatoms. The van der Waals surface area contributed by atoms with Gasteiger partial charge < -0.3 is 4.57 Å². The fourth-order valence-electron chi connectivity index (χ4n) is 1.93. The summed E-state index contributed by atoms with van der Waals surface area (Å²) in [5, 5.41) is 0. The SMILES string of the molecule is CC(c1nc2c(c(=O)[nH]c(=O)n2C)n1C)N(C)C. The number of aryl methyl sites for hydroxylation is 2. The van der Waals surface area contributed by atoms with E-state index in [2.05, 4.69) is 9.97 Å². The standard InChI is InChI=1S/C11H17N5O2/c1-6(14(2)3)8-12-9-7(15(8)4)10(17)13-11(18)16(9)5/h6H,1-5H3,(H,13,17,18). The molecule has 1 unspecified atom stereocenters. The van der Waals surface area contributed by atoms with Crippen LogP contribution in [0.4, 0.5) is 0 Å². The first-order valence-corrected chi connectivity index (χ1v) is 5.66. The Morgan fingerprint density at radius 3 is 2.39 bits per heavy atom. The van der Waals surface area contributed by atoms with Gasteiger partial charge in [-0.1, -0.05) is 0 Å². The number of rotatable bonds is 2. The van der Waals surface area contributed by atoms with Crippen LogP contribution >= 0.6 is 0 Å². The van der Waals surface area contributed by atoms with E-state index in [0.29, 0.717) is 11.2 Å². The number of aromatic nitrogens is 4. The van der Waals surface area contributed by atoms with Gasteiger partial charge in [-0.05, 0) is 21.0 Å². The quantitative estimate of drug-likeness (QED) is 0.786. The summed E-state index contributed by atoms with van der Waals surface area (Å²) in [5.41, 5.74) is -0.0225. The fraction of sp³-hybridized carbons (Fsp3) is 0.545. The highest BCUT2D eigenvalue weighted by molar-refractivity contribution is 5.70. The Kier molecular flexibility index (Phi) is 2.86. The van der Waals surface area contributed by atoms with E-state index in [1.807, 2.05) is 25.9 Å². The van der Waals surface area contributed by atoms with Crippen molar-refractivity contribution in [1.82, 2.24) is 24.0 Å². The van der Waals surface area contributed by atoms with Crippen molar-refractivity contribution in [3.63, 3.8) is 0 Å². The summed E-state index contributed by atoms with van der Waals surface area (Å²) in [6, 6.07) is 0.0527. The van der Waals surface area contributed by atoms with Crippen LogP contribution in [0.15, 0.2) is 9.59 Å². The monoisotopic (exact) mass is 251 g/mol. The average Bonchev–Trinajstić information content (AvgIpc) is 2.63. The summed E-state index contributed by atoms with van der Waals surface area (Å²) in [7, 11) is 7.25. The van der Waals surface area contributed by atoms with Gasteiger partial charge in [-0.25, -0.2) is 9.78 Å². The first kappa shape index (κ1) is 12.6. The predicted molar refractivity (Wildman–Crippen MR) is 68.7 cm³/mol. The normalized spacial score (nSPS) is 13.4. The molecule has 0 aliphatic carbocycles. The lowest BCUT2D eigenvalue weighted by molar-refractivity contribution is 0.304. The molecule has 1 atom stereocenters. The Morgan fingerprint density at radius 2 is 1.83 bits per heavy atom. The average molecular weight is 251 g/mol. The van der Waals surface area contributed by atoms with Crippen molar-refractivity contribution in [3.05, 3.63) is 26.7 Å². The molecule has 0 fully saturated rings. The number of nitrogens with one attached hydrogen (secondary N) is 1. The minimum absolute atomic E-state index is 0.0527. The number of hydrogen-bond donors (Lipinski definition) is 1. The summed E-state index contributed by atoms with van der Waals surface area (Å²) in [4.78, 5) is 32.1. The summed E-state index contributed by atoms with van der Waals surface area (Å²) >= 11 is 0. The molecule has 0 radical (unpaired) electrons. The summed E-state index contributed by atoms with van der Waals surface area (Å²) in [6.07, 6.45) is 0.